The Morgan fingerprint density at radius 3 is 2.24 bits per heavy atom. The first kappa shape index (κ1) is 16.4. The molecule has 0 rings (SSSR count). The Labute approximate surface area is 106 Å². The van der Waals surface area contributed by atoms with Crippen molar-refractivity contribution in [2.45, 2.75) is 53.9 Å². The minimum atomic E-state index is -0.495. The van der Waals surface area contributed by atoms with Gasteiger partial charge in [-0.05, 0) is 25.2 Å². The number of hydrogen-bond donors (Lipinski definition) is 1. The molecule has 17 heavy (non-hydrogen) atoms. The van der Waals surface area contributed by atoms with Crippen LogP contribution in [0, 0.1) is 17.3 Å². The summed E-state index contributed by atoms with van der Waals surface area (Å²) in [6, 6.07) is 0. The third kappa shape index (κ3) is 4.66. The third-order valence-electron chi connectivity index (χ3n) is 3.56. The Hall–Kier alpha value is -0.570. The van der Waals surface area contributed by atoms with E-state index in [1.54, 1.807) is 0 Å². The monoisotopic (exact) mass is 243 g/mol. The normalized spacial score (nSPS) is 15.1. The average molecular weight is 243 g/mol. The molecule has 2 N–H and O–H groups in total. The highest BCUT2D eigenvalue weighted by Gasteiger charge is 2.41. The van der Waals surface area contributed by atoms with Crippen molar-refractivity contribution in [3.63, 3.8) is 0 Å². The van der Waals surface area contributed by atoms with Crippen LogP contribution in [-0.4, -0.2) is 19.1 Å². The van der Waals surface area contributed by atoms with E-state index in [1.165, 1.54) is 0 Å². The molecule has 3 nitrogen and oxygen atoms in total. The van der Waals surface area contributed by atoms with E-state index in [-0.39, 0.29) is 11.9 Å². The van der Waals surface area contributed by atoms with Crippen LogP contribution in [-0.2, 0) is 9.53 Å². The van der Waals surface area contributed by atoms with E-state index in [2.05, 4.69) is 27.7 Å². The molecule has 0 radical (unpaired) electrons. The first-order chi connectivity index (χ1) is 7.90. The van der Waals surface area contributed by atoms with Crippen molar-refractivity contribution >= 4 is 5.97 Å². The molecule has 0 aliphatic heterocycles. The molecular weight excluding hydrogens is 214 g/mol. The zero-order valence-electron chi connectivity index (χ0n) is 12.1. The van der Waals surface area contributed by atoms with Gasteiger partial charge in [0.2, 0.25) is 0 Å². The second-order valence-corrected chi connectivity index (χ2v) is 5.52. The highest BCUT2D eigenvalue weighted by Crippen LogP contribution is 2.34. The van der Waals surface area contributed by atoms with Crippen LogP contribution in [0.3, 0.4) is 0 Å². The first-order valence-corrected chi connectivity index (χ1v) is 6.78. The molecule has 0 bridgehead atoms. The molecule has 0 saturated heterocycles. The van der Waals surface area contributed by atoms with Crippen LogP contribution >= 0.6 is 0 Å². The SMILES string of the molecule is CCOC(=O)C(CN)(CCCC(C)C)C(C)C. The zero-order valence-corrected chi connectivity index (χ0v) is 12.1. The van der Waals surface area contributed by atoms with Gasteiger partial charge in [0.05, 0.1) is 12.0 Å². The van der Waals surface area contributed by atoms with Gasteiger partial charge in [-0.3, -0.25) is 4.79 Å². The molecule has 0 aromatic rings. The van der Waals surface area contributed by atoms with Gasteiger partial charge in [0.1, 0.15) is 0 Å². The molecule has 0 aliphatic rings. The molecule has 0 aromatic carbocycles. The molecule has 0 fully saturated rings. The van der Waals surface area contributed by atoms with E-state index in [4.69, 9.17) is 10.5 Å². The summed E-state index contributed by atoms with van der Waals surface area (Å²) in [5, 5.41) is 0. The largest absolute Gasteiger partial charge is 0.466 e. The Morgan fingerprint density at radius 2 is 1.88 bits per heavy atom. The van der Waals surface area contributed by atoms with Gasteiger partial charge in [0, 0.05) is 6.54 Å². The maximum atomic E-state index is 12.1. The summed E-state index contributed by atoms with van der Waals surface area (Å²) in [6.45, 7) is 11.2. The van der Waals surface area contributed by atoms with Gasteiger partial charge in [-0.2, -0.15) is 0 Å². The Kier molecular flexibility index (Phi) is 7.44. The van der Waals surface area contributed by atoms with Gasteiger partial charge in [-0.15, -0.1) is 0 Å². The van der Waals surface area contributed by atoms with Gasteiger partial charge in [0.15, 0.2) is 0 Å². The van der Waals surface area contributed by atoms with Gasteiger partial charge < -0.3 is 10.5 Å². The van der Waals surface area contributed by atoms with Crippen LogP contribution in [0.4, 0.5) is 0 Å². The van der Waals surface area contributed by atoms with E-state index in [9.17, 15) is 4.79 Å². The van der Waals surface area contributed by atoms with Crippen LogP contribution in [0.25, 0.3) is 0 Å². The maximum Gasteiger partial charge on any atom is 0.313 e. The number of nitrogens with two attached hydrogens (primary N) is 1. The van der Waals surface area contributed by atoms with E-state index in [0.717, 1.165) is 19.3 Å². The molecule has 0 spiro atoms. The van der Waals surface area contributed by atoms with E-state index in [1.807, 2.05) is 6.92 Å². The fourth-order valence-corrected chi connectivity index (χ4v) is 2.15. The van der Waals surface area contributed by atoms with Crippen molar-refractivity contribution in [3.8, 4) is 0 Å². The number of ether oxygens (including phenoxy) is 1. The summed E-state index contributed by atoms with van der Waals surface area (Å²) in [4.78, 5) is 12.1. The van der Waals surface area contributed by atoms with Crippen molar-refractivity contribution in [2.75, 3.05) is 13.2 Å². The number of carbonyl (C=O) groups excluding carboxylic acids is 1. The quantitative estimate of drug-likeness (QED) is 0.667. The van der Waals surface area contributed by atoms with Crippen LogP contribution < -0.4 is 5.73 Å². The predicted octanol–water partition coefficient (Wildman–Crippen LogP) is 2.98. The maximum absolute atomic E-state index is 12.1. The smallest absolute Gasteiger partial charge is 0.313 e. The summed E-state index contributed by atoms with van der Waals surface area (Å²) in [5.74, 6) is 0.764. The lowest BCUT2D eigenvalue weighted by atomic mass is 9.73. The number of carbonyl (C=O) groups is 1. The molecule has 0 saturated carbocycles. The standard InChI is InChI=1S/C14H29NO2/c1-6-17-13(16)14(10-15,12(4)5)9-7-8-11(2)3/h11-12H,6-10,15H2,1-5H3. The Bertz CT molecular complexity index is 226. The van der Waals surface area contributed by atoms with Gasteiger partial charge >= 0.3 is 5.97 Å². The first-order valence-electron chi connectivity index (χ1n) is 6.78. The Morgan fingerprint density at radius 1 is 1.29 bits per heavy atom. The van der Waals surface area contributed by atoms with Crippen molar-refractivity contribution in [1.82, 2.24) is 0 Å². The number of esters is 1. The topological polar surface area (TPSA) is 52.3 Å². The molecule has 1 unspecified atom stereocenters. The van der Waals surface area contributed by atoms with Gasteiger partial charge in [0.25, 0.3) is 0 Å². The highest BCUT2D eigenvalue weighted by molar-refractivity contribution is 5.77. The molecule has 1 atom stereocenters. The minimum absolute atomic E-state index is 0.124. The average Bonchev–Trinajstić information content (AvgIpc) is 2.24. The van der Waals surface area contributed by atoms with Crippen LogP contribution in [0.2, 0.25) is 0 Å². The fourth-order valence-electron chi connectivity index (χ4n) is 2.15. The van der Waals surface area contributed by atoms with Gasteiger partial charge in [-0.25, -0.2) is 0 Å². The second kappa shape index (κ2) is 7.70. The van der Waals surface area contributed by atoms with Crippen molar-refractivity contribution in [3.05, 3.63) is 0 Å². The van der Waals surface area contributed by atoms with E-state index in [0.29, 0.717) is 19.1 Å². The lowest BCUT2D eigenvalue weighted by Gasteiger charge is -2.34. The second-order valence-electron chi connectivity index (χ2n) is 5.52. The van der Waals surface area contributed by atoms with E-state index < -0.39 is 5.41 Å². The Balaban J connectivity index is 4.65. The van der Waals surface area contributed by atoms with Crippen LogP contribution in [0.5, 0.6) is 0 Å². The fraction of sp³-hybridized carbons (Fsp3) is 0.929. The van der Waals surface area contributed by atoms with Crippen LogP contribution in [0.1, 0.15) is 53.9 Å². The van der Waals surface area contributed by atoms with Crippen LogP contribution in [0.15, 0.2) is 0 Å². The predicted molar refractivity (Wildman–Crippen MR) is 71.6 cm³/mol. The summed E-state index contributed by atoms with van der Waals surface area (Å²) >= 11 is 0. The third-order valence-corrected chi connectivity index (χ3v) is 3.56. The summed E-state index contributed by atoms with van der Waals surface area (Å²) < 4.78 is 5.20. The molecule has 0 aromatic heterocycles. The lowest BCUT2D eigenvalue weighted by molar-refractivity contribution is -0.158. The van der Waals surface area contributed by atoms with E-state index >= 15 is 0 Å². The molecule has 102 valence electrons. The lowest BCUT2D eigenvalue weighted by Crippen LogP contribution is -2.44. The molecule has 0 heterocycles. The molecule has 0 aliphatic carbocycles. The van der Waals surface area contributed by atoms with Gasteiger partial charge in [-0.1, -0.05) is 40.5 Å². The zero-order chi connectivity index (χ0) is 13.5. The summed E-state index contributed by atoms with van der Waals surface area (Å²) in [5.41, 5.74) is 5.36. The summed E-state index contributed by atoms with van der Waals surface area (Å²) in [6.07, 6.45) is 3.00. The molecular formula is C14H29NO2. The number of hydrogen-bond acceptors (Lipinski definition) is 3. The molecule has 3 heteroatoms. The van der Waals surface area contributed by atoms with Crippen molar-refractivity contribution in [1.29, 1.82) is 0 Å². The summed E-state index contributed by atoms with van der Waals surface area (Å²) in [7, 11) is 0. The van der Waals surface area contributed by atoms with Crippen molar-refractivity contribution < 1.29 is 9.53 Å². The molecule has 0 amide bonds. The number of rotatable bonds is 8. The minimum Gasteiger partial charge on any atom is -0.466 e. The highest BCUT2D eigenvalue weighted by atomic mass is 16.5. The van der Waals surface area contributed by atoms with Crippen molar-refractivity contribution in [2.24, 2.45) is 23.0 Å².